The summed E-state index contributed by atoms with van der Waals surface area (Å²) in [4.78, 5) is 95.0. The molecule has 6 N–H and O–H groups in total. The second-order valence-electron chi connectivity index (χ2n) is 25.9. The topological polar surface area (TPSA) is 424 Å². The number of nitrogens with one attached hydrogen (secondary N) is 2. The zero-order valence-corrected chi connectivity index (χ0v) is 75.5. The van der Waals surface area contributed by atoms with Gasteiger partial charge in [0.05, 0.1) is 173 Å². The maximum absolute atomic E-state index is 12.7. The van der Waals surface area contributed by atoms with Gasteiger partial charge in [0.25, 0.3) is 5.09 Å². The molecule has 628 valence electrons. The normalized spacial score (nSPS) is 9.95. The summed E-state index contributed by atoms with van der Waals surface area (Å²) in [6.45, 7) is 15.7. The first-order valence-electron chi connectivity index (χ1n) is 36.5. The van der Waals surface area contributed by atoms with Crippen LogP contribution in [-0.4, -0.2) is 149 Å². The first-order valence-corrected chi connectivity index (χ1v) is 38.4. The van der Waals surface area contributed by atoms with Crippen LogP contribution in [0.4, 0.5) is 11.4 Å². The number of methoxy groups -OCH3 is 4. The van der Waals surface area contributed by atoms with Gasteiger partial charge in [-0.25, -0.2) is 48.2 Å². The van der Waals surface area contributed by atoms with E-state index in [-0.39, 0.29) is 87.4 Å². The number of aryl methyl sites for hydroxylation is 4. The first kappa shape index (κ1) is 98.3. The van der Waals surface area contributed by atoms with Crippen molar-refractivity contribution in [2.75, 3.05) is 51.4 Å². The summed E-state index contributed by atoms with van der Waals surface area (Å²) in [6.07, 6.45) is 12.5. The van der Waals surface area contributed by atoms with Gasteiger partial charge in [-0.1, -0.05) is 118 Å². The average Bonchev–Trinajstić information content (AvgIpc) is 1.64. The van der Waals surface area contributed by atoms with Gasteiger partial charge in [-0.05, 0) is 187 Å². The van der Waals surface area contributed by atoms with Crippen molar-refractivity contribution < 1.29 is 115 Å². The van der Waals surface area contributed by atoms with Crippen LogP contribution in [0.15, 0.2) is 243 Å². The minimum Gasteiger partial charge on any atom is -0.696 e. The molecule has 8 aromatic carbocycles. The molecule has 0 aliphatic rings. The molecule has 0 radical (unpaired) electrons. The van der Waals surface area contributed by atoms with Crippen molar-refractivity contribution in [3.05, 3.63) is 336 Å². The molecule has 32 nitrogen and oxygen atoms in total. The number of Topliss-reactive ketones (excluding diaryl/α,β-unsaturated/α-hetero) is 2. The Labute approximate surface area is 768 Å². The number of hydrogen-bond acceptors (Lipinski definition) is 24. The number of nitrogens with two attached hydrogens (primary N) is 1. The molecular formula is C87H85BrKN17O15S2. The second kappa shape index (κ2) is 48.7. The predicted octanol–water partition coefficient (Wildman–Crippen LogP) is 13.4. The van der Waals surface area contributed by atoms with Crippen LogP contribution in [0.1, 0.15) is 107 Å². The van der Waals surface area contributed by atoms with E-state index in [1.807, 2.05) is 244 Å². The van der Waals surface area contributed by atoms with Gasteiger partial charge < -0.3 is 62.6 Å². The van der Waals surface area contributed by atoms with E-state index in [0.717, 1.165) is 107 Å². The molecule has 0 fully saturated rings. The van der Waals surface area contributed by atoms with Crippen molar-refractivity contribution in [1.82, 2.24) is 58.2 Å². The summed E-state index contributed by atoms with van der Waals surface area (Å²) in [6, 6.07) is 60.6. The Bertz CT molecular complexity index is 6060. The third kappa shape index (κ3) is 26.7. The van der Waals surface area contributed by atoms with E-state index in [2.05, 4.69) is 69.0 Å². The fraction of sp³-hybridized carbons (Fsp3) is 0.161. The van der Waals surface area contributed by atoms with Crippen LogP contribution in [-0.2, 0) is 31.6 Å². The van der Waals surface area contributed by atoms with Crippen LogP contribution in [0, 0.1) is 85.8 Å². The van der Waals surface area contributed by atoms with E-state index in [4.69, 9.17) is 62.9 Å². The standard InChI is InChI=1S/C22H20N4O2S.C22H20N4O2.C21H21N3O3.C12H11BrN2O.C9H11NO2.CHNS.K.HNO3.HNO2/c1-14-9-10-16(21(27)28-3)11-20(14)25-13-19(24-22(25)29)18-12-23-26(15(18)2)17-7-5-4-6-8-17;1-15-9-10-17(22(27)28-3)11-21(15)25-13-20(23-14-25)19-12-24-26(16(19)2)18-7-5-4-6-8-18;1-14-9-10-16(21(26)27-3)11-19(14)22-13-20(25)18-12-23-24(15(18)2)17-7-5-4-6-8-17;1-9-11(12(16)7-13)8-14-15(9)10-5-3-2-4-6-10;1-6-3-4-7(5-8(6)10)9(11)12-2;2-1-3;;2-1(3)4;2-1-3/h4-13H,1-3H3,(H,24,29);4-14H,1-3H3;4-12,22H,13H2,1-3H3;2-6,8H,7H2,1H3;3-5H,10H2,1-2H3;3H;;(H,2,3,4);(H,2,3)/q;;;;;;+1;;/p-1. The van der Waals surface area contributed by atoms with E-state index in [9.17, 15) is 28.8 Å². The Hall–Kier alpha value is -13.5. The maximum atomic E-state index is 12.7. The molecule has 0 bridgehead atoms. The van der Waals surface area contributed by atoms with Crippen molar-refractivity contribution in [1.29, 1.82) is 5.26 Å². The van der Waals surface area contributed by atoms with Gasteiger partial charge in [0.2, 0.25) is 0 Å². The number of hydrogen-bond donors (Lipinski definition) is 5. The van der Waals surface area contributed by atoms with Gasteiger partial charge in [0.15, 0.2) is 21.7 Å². The number of anilines is 2. The number of imidazole rings is 2. The molecule has 0 saturated carbocycles. The number of rotatable bonds is 18. The smallest absolute Gasteiger partial charge is 0.696 e. The fourth-order valence-electron chi connectivity index (χ4n) is 11.9. The number of carbonyl (C=O) groups excluding carboxylic acids is 6. The third-order valence-electron chi connectivity index (χ3n) is 18.2. The van der Waals surface area contributed by atoms with Crippen LogP contribution in [0.3, 0.4) is 0 Å². The Balaban J connectivity index is 0.000000237. The number of nitriles is 1. The number of thiocyanates is 1. The largest absolute Gasteiger partial charge is 1.00 e. The molecule has 0 atom stereocenters. The summed E-state index contributed by atoms with van der Waals surface area (Å²) >= 11 is 12.4. The quantitative estimate of drug-likeness (QED) is 0.00433. The molecule has 36 heteroatoms. The Morgan fingerprint density at radius 2 is 0.902 bits per heavy atom. The monoisotopic (exact) mass is 1790 g/mol. The van der Waals surface area contributed by atoms with Crippen molar-refractivity contribution in [2.24, 2.45) is 5.34 Å². The van der Waals surface area contributed by atoms with Crippen LogP contribution >= 0.6 is 28.1 Å². The van der Waals surface area contributed by atoms with E-state index in [1.165, 1.54) is 39.2 Å². The Morgan fingerprint density at radius 3 is 1.32 bits per heavy atom. The summed E-state index contributed by atoms with van der Waals surface area (Å²) < 4.78 is 30.6. The molecule has 6 aromatic heterocycles. The second-order valence-corrected chi connectivity index (χ2v) is 27.0. The van der Waals surface area contributed by atoms with Crippen molar-refractivity contribution >= 4 is 87.6 Å². The SMILES string of the molecule is COC(=O)c1ccc(C)c(-n2cc(-c3cnn(-c4ccccc4)c3C)[nH]c2=S)c1.COC(=O)c1ccc(C)c(-n2cnc(-c3cnn(-c4ccccc4)c3C)c2)c1.COC(=O)c1ccc(C)c(N)c1.COC(=O)c1ccc(C)c(NCC(=O)c2cnn(-c3ccccc3)c2C)c1.Cc1c(C(=O)CBr)cnn1-c1ccccc1.N#C[S-].O=NO.O=[N+]([O-])O.[K+]. The summed E-state index contributed by atoms with van der Waals surface area (Å²) in [5.41, 5.74) is 26.9. The minimum absolute atomic E-state index is 0. The molecule has 14 rings (SSSR count). The van der Waals surface area contributed by atoms with Gasteiger partial charge >= 0.3 is 75.3 Å². The average molecular weight is 1790 g/mol. The zero-order valence-electron chi connectivity index (χ0n) is 69.2. The molecule has 0 saturated heterocycles. The number of aromatic nitrogens is 12. The van der Waals surface area contributed by atoms with Crippen LogP contribution in [0.25, 0.3) is 56.6 Å². The van der Waals surface area contributed by atoms with Gasteiger partial charge in [0, 0.05) is 34.9 Å². The first-order chi connectivity index (χ1) is 58.5. The van der Waals surface area contributed by atoms with Gasteiger partial charge in [0.1, 0.15) is 0 Å². The van der Waals surface area contributed by atoms with Crippen LogP contribution in [0.2, 0.25) is 0 Å². The maximum Gasteiger partial charge on any atom is 1.00 e. The summed E-state index contributed by atoms with van der Waals surface area (Å²) in [7, 11) is 5.43. The number of nitrogens with zero attached hydrogens (tertiary/aromatic N) is 14. The Morgan fingerprint density at radius 1 is 0.553 bits per heavy atom. The molecule has 6 heterocycles. The number of para-hydroxylation sites is 4. The fourth-order valence-corrected chi connectivity index (χ4v) is 12.4. The number of H-pyrrole nitrogens is 1. The summed E-state index contributed by atoms with van der Waals surface area (Å²) in [5.74, 6) is -1.53. The predicted molar refractivity (Wildman–Crippen MR) is 468 cm³/mol. The van der Waals surface area contributed by atoms with Crippen molar-refractivity contribution in [3.8, 4) is 62.0 Å². The van der Waals surface area contributed by atoms with Gasteiger partial charge in [-0.15, -0.1) is 15.0 Å². The third-order valence-corrected chi connectivity index (χ3v) is 19.0. The number of halogens is 1. The van der Waals surface area contributed by atoms with Gasteiger partial charge in [-0.3, -0.25) is 14.2 Å². The number of nitrogen functional groups attached to an aromatic ring is 1. The number of benzene rings is 8. The molecular weight excluding hydrogens is 1710 g/mol. The summed E-state index contributed by atoms with van der Waals surface area (Å²) in [5, 5.41) is 51.0. The van der Waals surface area contributed by atoms with Crippen LogP contribution in [0.5, 0.6) is 0 Å². The molecule has 0 amide bonds. The molecule has 0 unspecified atom stereocenters. The number of carbonyl (C=O) groups is 6. The van der Waals surface area contributed by atoms with Crippen molar-refractivity contribution in [3.63, 3.8) is 0 Å². The molecule has 0 spiro atoms. The van der Waals surface area contributed by atoms with Crippen molar-refractivity contribution in [2.45, 2.75) is 55.4 Å². The van der Waals surface area contributed by atoms with Gasteiger partial charge in [-0.2, -0.15) is 20.4 Å². The number of ether oxygens (including phenoxy) is 4. The van der Waals surface area contributed by atoms with E-state index in [1.54, 1.807) is 76.6 Å². The van der Waals surface area contributed by atoms with Crippen LogP contribution < -0.4 is 62.4 Å². The Kier molecular flexibility index (Phi) is 38.9. The number of aromatic amines is 1. The molecule has 0 aliphatic heterocycles. The number of esters is 4. The zero-order chi connectivity index (χ0) is 89.3. The minimum atomic E-state index is -1.50. The molecule has 0 aliphatic carbocycles. The number of ketones is 2. The van der Waals surface area contributed by atoms with E-state index in [0.29, 0.717) is 49.2 Å². The van der Waals surface area contributed by atoms with E-state index >= 15 is 0 Å². The number of alkyl halides is 1. The molecule has 14 aromatic rings. The van der Waals surface area contributed by atoms with E-state index < -0.39 is 11.1 Å². The molecule has 123 heavy (non-hydrogen) atoms.